The number of likely N-dealkylation sites (N-methyl/N-ethyl adjacent to an activating group) is 1. The van der Waals surface area contributed by atoms with Gasteiger partial charge in [0, 0.05) is 17.6 Å². The summed E-state index contributed by atoms with van der Waals surface area (Å²) in [5.74, 6) is 0.279. The lowest BCUT2D eigenvalue weighted by atomic mass is 10.1. The maximum Gasteiger partial charge on any atom is 0.266 e. The minimum atomic E-state index is -0.150. The molecule has 0 unspecified atom stereocenters. The molecule has 7 heteroatoms. The molecule has 2 aromatic carbocycles. The molecule has 1 aliphatic heterocycles. The van der Waals surface area contributed by atoms with E-state index >= 15 is 0 Å². The Bertz CT molecular complexity index is 1000. The molecule has 144 valence electrons. The number of carbonyl (C=O) groups excluding carboxylic acids is 1. The first-order valence-electron chi connectivity index (χ1n) is 8.45. The average Bonchev–Trinajstić information content (AvgIpc) is 2.92. The SMILES string of the molecule is C=CCc1cc(/C=C2\SC(=Nc3cccc(Cl)c3)N(C)C2=O)cc(OC)c1O. The van der Waals surface area contributed by atoms with Crippen LogP contribution in [0.25, 0.3) is 6.08 Å². The molecular weight excluding hydrogens is 396 g/mol. The van der Waals surface area contributed by atoms with E-state index in [1.54, 1.807) is 37.4 Å². The van der Waals surface area contributed by atoms with E-state index in [1.165, 1.54) is 23.8 Å². The molecule has 1 N–H and O–H groups in total. The van der Waals surface area contributed by atoms with Crippen LogP contribution in [0.3, 0.4) is 0 Å². The molecule has 0 bridgehead atoms. The fourth-order valence-electron chi connectivity index (χ4n) is 2.70. The van der Waals surface area contributed by atoms with Gasteiger partial charge in [0.2, 0.25) is 0 Å². The van der Waals surface area contributed by atoms with Crippen LogP contribution in [-0.2, 0) is 11.2 Å². The number of ether oxygens (including phenoxy) is 1. The summed E-state index contributed by atoms with van der Waals surface area (Å²) in [6.07, 6.45) is 3.95. The van der Waals surface area contributed by atoms with Crippen LogP contribution in [0, 0.1) is 0 Å². The van der Waals surface area contributed by atoms with Gasteiger partial charge in [0.15, 0.2) is 16.7 Å². The fourth-order valence-corrected chi connectivity index (χ4v) is 3.87. The average molecular weight is 415 g/mol. The summed E-state index contributed by atoms with van der Waals surface area (Å²) in [5.41, 5.74) is 2.10. The van der Waals surface area contributed by atoms with Crippen molar-refractivity contribution in [2.75, 3.05) is 14.2 Å². The quantitative estimate of drug-likeness (QED) is 0.551. The second kappa shape index (κ2) is 8.54. The van der Waals surface area contributed by atoms with E-state index in [0.29, 0.717) is 38.5 Å². The molecule has 1 heterocycles. The lowest BCUT2D eigenvalue weighted by Crippen LogP contribution is -2.23. The van der Waals surface area contributed by atoms with Crippen LogP contribution in [0.4, 0.5) is 5.69 Å². The highest BCUT2D eigenvalue weighted by atomic mass is 35.5. The van der Waals surface area contributed by atoms with Gasteiger partial charge in [0.25, 0.3) is 5.91 Å². The Kier molecular flexibility index (Phi) is 6.11. The summed E-state index contributed by atoms with van der Waals surface area (Å²) in [4.78, 5) is 19.2. The lowest BCUT2D eigenvalue weighted by molar-refractivity contribution is -0.121. The molecule has 1 saturated heterocycles. The maximum atomic E-state index is 12.6. The largest absolute Gasteiger partial charge is 0.504 e. The number of nitrogens with zero attached hydrogens (tertiary/aromatic N) is 2. The van der Waals surface area contributed by atoms with Crippen molar-refractivity contribution >= 4 is 46.2 Å². The zero-order valence-corrected chi connectivity index (χ0v) is 17.0. The predicted octanol–water partition coefficient (Wildman–Crippen LogP) is 5.02. The highest BCUT2D eigenvalue weighted by molar-refractivity contribution is 8.18. The Morgan fingerprint density at radius 3 is 2.82 bits per heavy atom. The lowest BCUT2D eigenvalue weighted by Gasteiger charge is -2.09. The summed E-state index contributed by atoms with van der Waals surface area (Å²) in [5, 5.41) is 11.4. The van der Waals surface area contributed by atoms with Crippen molar-refractivity contribution in [2.24, 2.45) is 4.99 Å². The van der Waals surface area contributed by atoms with Crippen molar-refractivity contribution in [1.29, 1.82) is 0 Å². The number of aliphatic imine (C=N–C) groups is 1. The van der Waals surface area contributed by atoms with Crippen LogP contribution in [-0.4, -0.2) is 35.2 Å². The molecule has 0 aliphatic carbocycles. The summed E-state index contributed by atoms with van der Waals surface area (Å²) in [7, 11) is 3.17. The Morgan fingerprint density at radius 2 is 2.14 bits per heavy atom. The number of hydrogen-bond acceptors (Lipinski definition) is 5. The van der Waals surface area contributed by atoms with Gasteiger partial charge < -0.3 is 9.84 Å². The van der Waals surface area contributed by atoms with Crippen LogP contribution < -0.4 is 4.74 Å². The summed E-state index contributed by atoms with van der Waals surface area (Å²) >= 11 is 7.29. The van der Waals surface area contributed by atoms with Gasteiger partial charge in [0.05, 0.1) is 17.7 Å². The van der Waals surface area contributed by atoms with E-state index in [0.717, 1.165) is 5.56 Å². The number of methoxy groups -OCH3 is 1. The Hall–Kier alpha value is -2.70. The molecule has 5 nitrogen and oxygen atoms in total. The minimum Gasteiger partial charge on any atom is -0.504 e. The molecule has 0 saturated carbocycles. The molecule has 2 aromatic rings. The van der Waals surface area contributed by atoms with Crippen molar-refractivity contribution in [1.82, 2.24) is 4.90 Å². The van der Waals surface area contributed by atoms with Crippen molar-refractivity contribution in [3.63, 3.8) is 0 Å². The third-order valence-corrected chi connectivity index (χ3v) is 5.39. The monoisotopic (exact) mass is 414 g/mol. The Labute approximate surface area is 173 Å². The number of halogens is 1. The third-order valence-electron chi connectivity index (χ3n) is 4.09. The normalized spacial score (nSPS) is 16.8. The number of hydrogen-bond donors (Lipinski definition) is 1. The highest BCUT2D eigenvalue weighted by Crippen LogP contribution is 2.36. The summed E-state index contributed by atoms with van der Waals surface area (Å²) in [6.45, 7) is 3.71. The van der Waals surface area contributed by atoms with Gasteiger partial charge >= 0.3 is 0 Å². The zero-order chi connectivity index (χ0) is 20.3. The molecule has 1 amide bonds. The molecule has 28 heavy (non-hydrogen) atoms. The van der Waals surface area contributed by atoms with Crippen LogP contribution in [0.2, 0.25) is 5.02 Å². The van der Waals surface area contributed by atoms with Crippen molar-refractivity contribution < 1.29 is 14.6 Å². The van der Waals surface area contributed by atoms with E-state index in [4.69, 9.17) is 16.3 Å². The van der Waals surface area contributed by atoms with Crippen LogP contribution in [0.1, 0.15) is 11.1 Å². The second-order valence-electron chi connectivity index (χ2n) is 6.07. The molecule has 0 radical (unpaired) electrons. The molecule has 1 aliphatic rings. The Balaban J connectivity index is 1.96. The van der Waals surface area contributed by atoms with Gasteiger partial charge in [-0.05, 0) is 60.2 Å². The summed E-state index contributed by atoms with van der Waals surface area (Å²) in [6, 6.07) is 10.6. The number of phenols is 1. The number of thioether (sulfide) groups is 1. The van der Waals surface area contributed by atoms with Crippen LogP contribution in [0.15, 0.2) is 59.0 Å². The van der Waals surface area contributed by atoms with E-state index in [-0.39, 0.29) is 11.7 Å². The minimum absolute atomic E-state index is 0.0790. The summed E-state index contributed by atoms with van der Waals surface area (Å²) < 4.78 is 5.24. The van der Waals surface area contributed by atoms with Crippen molar-refractivity contribution in [2.45, 2.75) is 6.42 Å². The number of rotatable bonds is 5. The number of phenolic OH excluding ortho intramolecular Hbond substituents is 1. The van der Waals surface area contributed by atoms with Gasteiger partial charge in [-0.3, -0.25) is 9.69 Å². The second-order valence-corrected chi connectivity index (χ2v) is 7.52. The van der Waals surface area contributed by atoms with Crippen molar-refractivity contribution in [3.8, 4) is 11.5 Å². The van der Waals surface area contributed by atoms with Gasteiger partial charge in [0.1, 0.15) is 0 Å². The number of amidine groups is 1. The van der Waals surface area contributed by atoms with Crippen molar-refractivity contribution in [3.05, 3.63) is 70.1 Å². The third kappa shape index (κ3) is 4.24. The number of allylic oxidation sites excluding steroid dienone is 1. The first kappa shape index (κ1) is 20.0. The van der Waals surface area contributed by atoms with Gasteiger partial charge in [-0.1, -0.05) is 23.7 Å². The number of carbonyl (C=O) groups is 1. The maximum absolute atomic E-state index is 12.6. The molecular formula is C21H19ClN2O3S. The first-order valence-corrected chi connectivity index (χ1v) is 9.65. The van der Waals surface area contributed by atoms with E-state index < -0.39 is 0 Å². The predicted molar refractivity (Wildman–Crippen MR) is 115 cm³/mol. The molecule has 0 atom stereocenters. The zero-order valence-electron chi connectivity index (χ0n) is 15.5. The van der Waals surface area contributed by atoms with Gasteiger partial charge in [-0.15, -0.1) is 6.58 Å². The Morgan fingerprint density at radius 1 is 1.36 bits per heavy atom. The number of amides is 1. The number of benzene rings is 2. The van der Waals surface area contributed by atoms with E-state index in [1.807, 2.05) is 18.2 Å². The van der Waals surface area contributed by atoms with Gasteiger partial charge in [-0.2, -0.15) is 0 Å². The first-order chi connectivity index (χ1) is 13.4. The molecule has 0 aromatic heterocycles. The standard InChI is InChI=1S/C21H19ClN2O3S/c1-4-6-14-9-13(10-17(27-3)19(14)25)11-18-20(26)24(2)21(28-18)23-16-8-5-7-15(22)12-16/h4-5,7-12,25H,1,6H2,2-3H3/b18-11-,23-21?. The van der Waals surface area contributed by atoms with E-state index in [9.17, 15) is 9.90 Å². The van der Waals surface area contributed by atoms with E-state index in [2.05, 4.69) is 11.6 Å². The molecule has 3 rings (SSSR count). The molecule has 1 fully saturated rings. The van der Waals surface area contributed by atoms with Crippen LogP contribution >= 0.6 is 23.4 Å². The highest BCUT2D eigenvalue weighted by Gasteiger charge is 2.30. The molecule has 0 spiro atoms. The fraction of sp³-hybridized carbons (Fsp3) is 0.143. The number of aromatic hydroxyl groups is 1. The van der Waals surface area contributed by atoms with Gasteiger partial charge in [-0.25, -0.2) is 4.99 Å². The topological polar surface area (TPSA) is 62.1 Å². The van der Waals surface area contributed by atoms with Crippen LogP contribution in [0.5, 0.6) is 11.5 Å². The smallest absolute Gasteiger partial charge is 0.266 e.